The number of hydrogen-bond donors (Lipinski definition) is 1. The fourth-order valence-corrected chi connectivity index (χ4v) is 6.96. The Balaban J connectivity index is 1.65. The summed E-state index contributed by atoms with van der Waals surface area (Å²) in [6.45, 7) is 5.20. The molecule has 41 heavy (non-hydrogen) atoms. The first kappa shape index (κ1) is 28.8. The highest BCUT2D eigenvalue weighted by atomic mass is 31.1. The van der Waals surface area contributed by atoms with Crippen LogP contribution in [0.1, 0.15) is 59.2 Å². The molecular weight excluding hydrogens is 519 g/mol. The Hall–Kier alpha value is -3.71. The number of aliphatic hydroxyl groups is 1. The lowest BCUT2D eigenvalue weighted by Gasteiger charge is -2.33. The van der Waals surface area contributed by atoms with Crippen molar-refractivity contribution in [3.8, 4) is 5.75 Å². The van der Waals surface area contributed by atoms with E-state index in [0.29, 0.717) is 15.2 Å². The third kappa shape index (κ3) is 7.33. The van der Waals surface area contributed by atoms with E-state index in [1.807, 2.05) is 18.2 Å². The van der Waals surface area contributed by atoms with Gasteiger partial charge < -0.3 is 9.84 Å². The van der Waals surface area contributed by atoms with Gasteiger partial charge in [-0.2, -0.15) is 0 Å². The average molecular weight is 559 g/mol. The fourth-order valence-electron chi connectivity index (χ4n) is 5.37. The van der Waals surface area contributed by atoms with Crippen LogP contribution in [0.3, 0.4) is 0 Å². The summed E-state index contributed by atoms with van der Waals surface area (Å²) in [6.07, 6.45) is 2.62. The molecule has 2 atom stereocenters. The predicted molar refractivity (Wildman–Crippen MR) is 174 cm³/mol. The summed E-state index contributed by atoms with van der Waals surface area (Å²) in [5, 5.41) is 11.2. The predicted octanol–water partition coefficient (Wildman–Crippen LogP) is 8.57. The molecule has 0 spiro atoms. The van der Waals surface area contributed by atoms with Crippen molar-refractivity contribution in [2.24, 2.45) is 0 Å². The van der Waals surface area contributed by atoms with Crippen molar-refractivity contribution in [3.05, 3.63) is 166 Å². The number of ether oxygens (including phenoxy) is 1. The molecule has 0 radical (unpaired) electrons. The summed E-state index contributed by atoms with van der Waals surface area (Å²) in [6, 6.07) is 44.9. The van der Waals surface area contributed by atoms with Crippen LogP contribution in [0.4, 0.5) is 0 Å². The van der Waals surface area contributed by atoms with Crippen LogP contribution in [0.5, 0.6) is 5.75 Å². The molecule has 2 nitrogen and oxygen atoms in total. The molecule has 0 amide bonds. The lowest BCUT2D eigenvalue weighted by atomic mass is 9.88. The highest BCUT2D eigenvalue weighted by Gasteiger charge is 2.31. The molecule has 0 heterocycles. The maximum absolute atomic E-state index is 10.1. The highest BCUT2D eigenvalue weighted by molar-refractivity contribution is 7.48. The van der Waals surface area contributed by atoms with Gasteiger partial charge in [-0.1, -0.05) is 150 Å². The first-order valence-corrected chi connectivity index (χ1v) is 15.5. The van der Waals surface area contributed by atoms with Crippen molar-refractivity contribution in [1.29, 1.82) is 0 Å². The summed E-state index contributed by atoms with van der Waals surface area (Å²) in [4.78, 5) is 0. The molecule has 0 bridgehead atoms. The molecule has 0 saturated heterocycles. The minimum atomic E-state index is -0.171. The molecule has 5 aromatic rings. The van der Waals surface area contributed by atoms with E-state index < -0.39 is 0 Å². The Kier molecular flexibility index (Phi) is 9.67. The molecule has 0 aliphatic rings. The van der Waals surface area contributed by atoms with Gasteiger partial charge in [0, 0.05) is 17.1 Å². The first-order valence-electron chi connectivity index (χ1n) is 14.5. The van der Waals surface area contributed by atoms with Gasteiger partial charge in [-0.15, -0.1) is 0 Å². The molecule has 5 aromatic carbocycles. The van der Waals surface area contributed by atoms with Gasteiger partial charge in [0.15, 0.2) is 0 Å². The molecule has 0 aromatic heterocycles. The van der Waals surface area contributed by atoms with Crippen LogP contribution in [0.15, 0.2) is 127 Å². The number of hydrogen-bond acceptors (Lipinski definition) is 2. The third-order valence-corrected chi connectivity index (χ3v) is 9.77. The maximum Gasteiger partial charge on any atom is 0.127 e. The van der Waals surface area contributed by atoms with Crippen LogP contribution in [0.25, 0.3) is 0 Å². The van der Waals surface area contributed by atoms with E-state index in [9.17, 15) is 5.11 Å². The van der Waals surface area contributed by atoms with Crippen molar-refractivity contribution in [3.63, 3.8) is 0 Å². The van der Waals surface area contributed by atoms with Crippen molar-refractivity contribution in [1.82, 2.24) is 0 Å². The van der Waals surface area contributed by atoms with Crippen molar-refractivity contribution >= 4 is 13.9 Å². The van der Waals surface area contributed by atoms with Crippen molar-refractivity contribution < 1.29 is 9.84 Å². The quantitative estimate of drug-likeness (QED) is 0.155. The van der Waals surface area contributed by atoms with E-state index in [1.165, 1.54) is 33.1 Å². The molecule has 0 aliphatic carbocycles. The second kappa shape index (κ2) is 13.8. The first-order chi connectivity index (χ1) is 20.1. The SMILES string of the molecule is CCC(C)(Pc1ccccc1CO)c1cc(Cc2ccccc2)cc(Cc2ccccc2)c1OCc1ccccc1. The van der Waals surface area contributed by atoms with Gasteiger partial charge in [-0.3, -0.25) is 0 Å². The Morgan fingerprint density at radius 3 is 1.80 bits per heavy atom. The fraction of sp³-hybridized carbons (Fsp3) is 0.211. The second-order valence-electron chi connectivity index (χ2n) is 10.9. The Morgan fingerprint density at radius 2 is 1.20 bits per heavy atom. The topological polar surface area (TPSA) is 29.5 Å². The van der Waals surface area contributed by atoms with Crippen LogP contribution < -0.4 is 10.0 Å². The molecule has 0 saturated carbocycles. The van der Waals surface area contributed by atoms with Crippen molar-refractivity contribution in [2.75, 3.05) is 0 Å². The molecule has 0 fully saturated rings. The van der Waals surface area contributed by atoms with Gasteiger partial charge in [0.1, 0.15) is 12.4 Å². The molecule has 208 valence electrons. The molecule has 0 aliphatic heterocycles. The van der Waals surface area contributed by atoms with Gasteiger partial charge in [-0.05, 0) is 51.5 Å². The lowest BCUT2D eigenvalue weighted by Crippen LogP contribution is -2.22. The van der Waals surface area contributed by atoms with Crippen LogP contribution >= 0.6 is 8.58 Å². The van der Waals surface area contributed by atoms with Crippen LogP contribution in [-0.2, 0) is 31.2 Å². The molecular formula is C38H39O2P. The minimum absolute atomic E-state index is 0.0492. The van der Waals surface area contributed by atoms with Gasteiger partial charge in [0.05, 0.1) is 6.61 Å². The van der Waals surface area contributed by atoms with Gasteiger partial charge in [-0.25, -0.2) is 0 Å². The minimum Gasteiger partial charge on any atom is -0.488 e. The Bertz CT molecular complexity index is 1530. The van der Waals surface area contributed by atoms with E-state index in [1.54, 1.807) is 0 Å². The van der Waals surface area contributed by atoms with E-state index in [-0.39, 0.29) is 11.8 Å². The zero-order valence-corrected chi connectivity index (χ0v) is 25.0. The van der Waals surface area contributed by atoms with E-state index in [0.717, 1.165) is 36.1 Å². The standard InChI is InChI=1S/C38H39O2P/c1-3-38(2,41-36-22-14-13-21-33(36)27-39)35-26-32(23-29-15-7-4-8-16-29)25-34(24-30-17-9-5-10-18-30)37(35)40-28-31-19-11-6-12-20-31/h4-22,25-26,39,41H,3,23-24,27-28H2,1-2H3. The zero-order chi connectivity index (χ0) is 28.5. The smallest absolute Gasteiger partial charge is 0.127 e. The Morgan fingerprint density at radius 1 is 0.634 bits per heavy atom. The largest absolute Gasteiger partial charge is 0.488 e. The van der Waals surface area contributed by atoms with Crippen LogP contribution in [0, 0.1) is 0 Å². The molecule has 3 heteroatoms. The zero-order valence-electron chi connectivity index (χ0n) is 24.0. The van der Waals surface area contributed by atoms with E-state index >= 15 is 0 Å². The molecule has 1 N–H and O–H groups in total. The van der Waals surface area contributed by atoms with Crippen LogP contribution in [0.2, 0.25) is 0 Å². The van der Waals surface area contributed by atoms with E-state index in [4.69, 9.17) is 4.74 Å². The number of benzene rings is 5. The van der Waals surface area contributed by atoms with Crippen molar-refractivity contribution in [2.45, 2.75) is 51.5 Å². The molecule has 5 rings (SSSR count). The van der Waals surface area contributed by atoms with Crippen LogP contribution in [-0.4, -0.2) is 5.11 Å². The third-order valence-electron chi connectivity index (χ3n) is 7.84. The summed E-state index contributed by atoms with van der Waals surface area (Å²) in [7, 11) is 0.488. The maximum atomic E-state index is 10.1. The summed E-state index contributed by atoms with van der Waals surface area (Å²) >= 11 is 0. The lowest BCUT2D eigenvalue weighted by molar-refractivity contribution is 0.283. The molecule has 2 unspecified atom stereocenters. The van der Waals surface area contributed by atoms with Gasteiger partial charge in [0.2, 0.25) is 0 Å². The summed E-state index contributed by atoms with van der Waals surface area (Å²) < 4.78 is 6.83. The van der Waals surface area contributed by atoms with Gasteiger partial charge >= 0.3 is 0 Å². The monoisotopic (exact) mass is 558 g/mol. The number of aliphatic hydroxyl groups excluding tert-OH is 1. The summed E-state index contributed by atoms with van der Waals surface area (Å²) in [5.41, 5.74) is 8.49. The second-order valence-corrected chi connectivity index (χ2v) is 12.7. The van der Waals surface area contributed by atoms with Gasteiger partial charge in [0.25, 0.3) is 0 Å². The Labute approximate surface area is 246 Å². The number of rotatable bonds is 12. The average Bonchev–Trinajstić information content (AvgIpc) is 3.02. The highest BCUT2D eigenvalue weighted by Crippen LogP contribution is 2.49. The normalized spacial score (nSPS) is 12.9. The van der Waals surface area contributed by atoms with E-state index in [2.05, 4.69) is 123 Å². The summed E-state index contributed by atoms with van der Waals surface area (Å²) in [5.74, 6) is 0.993.